The number of hydrogen-bond acceptors (Lipinski definition) is 0. The van der Waals surface area contributed by atoms with Gasteiger partial charge < -0.3 is 0 Å². The van der Waals surface area contributed by atoms with E-state index in [0.717, 1.165) is 11.8 Å². The molecule has 3 atom stereocenters. The molecule has 0 aromatic rings. The van der Waals surface area contributed by atoms with Crippen molar-refractivity contribution in [3.63, 3.8) is 0 Å². The first-order valence-corrected chi connectivity index (χ1v) is 4.79. The lowest BCUT2D eigenvalue weighted by Crippen LogP contribution is -2.31. The van der Waals surface area contributed by atoms with Crippen molar-refractivity contribution in [2.24, 2.45) is 11.8 Å². The highest BCUT2D eigenvalue weighted by atomic mass is 31.0. The molecular weight excluding hydrogens is 139 g/mol. The van der Waals surface area contributed by atoms with Crippen molar-refractivity contribution in [2.45, 2.75) is 46.2 Å². The molecule has 10 heavy (non-hydrogen) atoms. The van der Waals surface area contributed by atoms with E-state index in [4.69, 9.17) is 0 Å². The van der Waals surface area contributed by atoms with E-state index in [1.807, 2.05) is 0 Å². The minimum absolute atomic E-state index is 0.425. The molecule has 0 aliphatic rings. The third kappa shape index (κ3) is 2.23. The number of hydrogen-bond donors (Lipinski definition) is 0. The molecule has 0 fully saturated rings. The van der Waals surface area contributed by atoms with Gasteiger partial charge in [0.2, 0.25) is 0 Å². The van der Waals surface area contributed by atoms with Gasteiger partial charge in [0, 0.05) is 0 Å². The lowest BCUT2D eigenvalue weighted by molar-refractivity contribution is 0.331. The van der Waals surface area contributed by atoms with Crippen molar-refractivity contribution >= 4 is 9.24 Å². The maximum atomic E-state index is 2.99. The first kappa shape index (κ1) is 10.4. The molecule has 3 unspecified atom stereocenters. The van der Waals surface area contributed by atoms with Crippen LogP contribution in [0.5, 0.6) is 0 Å². The third-order valence-electron chi connectivity index (χ3n) is 2.92. The normalized spacial score (nSPS) is 20.7. The fourth-order valence-electron chi connectivity index (χ4n) is 1.01. The van der Waals surface area contributed by atoms with Gasteiger partial charge in [-0.3, -0.25) is 0 Å². The van der Waals surface area contributed by atoms with Gasteiger partial charge in [-0.2, -0.15) is 0 Å². The van der Waals surface area contributed by atoms with Crippen molar-refractivity contribution in [2.75, 3.05) is 0 Å². The van der Waals surface area contributed by atoms with Crippen LogP contribution in [0.3, 0.4) is 0 Å². The topological polar surface area (TPSA) is 0 Å². The molecule has 0 nitrogen and oxygen atoms in total. The zero-order chi connectivity index (χ0) is 8.36. The summed E-state index contributed by atoms with van der Waals surface area (Å²) in [5.41, 5.74) is 0. The molecule has 62 valence electrons. The van der Waals surface area contributed by atoms with E-state index < -0.39 is 0 Å². The van der Waals surface area contributed by atoms with Gasteiger partial charge in [-0.25, -0.2) is 0 Å². The standard InChI is InChI=1S/C9H21P/c1-6-8(4)9(5,10)7(2)3/h7-8H,6,10H2,1-5H3. The molecule has 0 aromatic carbocycles. The Labute approximate surface area is 68.0 Å². The van der Waals surface area contributed by atoms with Gasteiger partial charge >= 0.3 is 0 Å². The van der Waals surface area contributed by atoms with Crippen LogP contribution in [0.1, 0.15) is 41.0 Å². The summed E-state index contributed by atoms with van der Waals surface area (Å²) in [5, 5.41) is 0.425. The highest BCUT2D eigenvalue weighted by Gasteiger charge is 2.27. The molecule has 0 aliphatic heterocycles. The van der Waals surface area contributed by atoms with Gasteiger partial charge in [0.15, 0.2) is 0 Å². The van der Waals surface area contributed by atoms with Crippen molar-refractivity contribution < 1.29 is 0 Å². The molecule has 0 aliphatic carbocycles. The molecule has 0 saturated carbocycles. The summed E-state index contributed by atoms with van der Waals surface area (Å²) < 4.78 is 0. The van der Waals surface area contributed by atoms with Gasteiger partial charge in [0.25, 0.3) is 0 Å². The van der Waals surface area contributed by atoms with Crippen LogP contribution < -0.4 is 0 Å². The quantitative estimate of drug-likeness (QED) is 0.555. The van der Waals surface area contributed by atoms with Crippen molar-refractivity contribution in [3.05, 3.63) is 0 Å². The minimum atomic E-state index is 0.425. The van der Waals surface area contributed by atoms with Gasteiger partial charge in [-0.1, -0.05) is 41.0 Å². The van der Waals surface area contributed by atoms with E-state index >= 15 is 0 Å². The van der Waals surface area contributed by atoms with Crippen LogP contribution in [-0.4, -0.2) is 5.16 Å². The molecule has 0 rings (SSSR count). The fourth-order valence-corrected chi connectivity index (χ4v) is 1.24. The Kier molecular flexibility index (Phi) is 3.88. The molecule has 0 aromatic heterocycles. The molecule has 0 N–H and O–H groups in total. The maximum Gasteiger partial charge on any atom is -0.0130 e. The molecule has 0 amide bonds. The minimum Gasteiger partial charge on any atom is -0.131 e. The van der Waals surface area contributed by atoms with Gasteiger partial charge in [0.1, 0.15) is 0 Å². The SMILES string of the molecule is CCC(C)C(C)(P)C(C)C. The highest BCUT2D eigenvalue weighted by molar-refractivity contribution is 7.19. The third-order valence-corrected chi connectivity index (χ3v) is 4.15. The van der Waals surface area contributed by atoms with E-state index in [0.29, 0.717) is 5.16 Å². The second-order valence-corrected chi connectivity index (χ2v) is 5.07. The van der Waals surface area contributed by atoms with Crippen molar-refractivity contribution in [1.82, 2.24) is 0 Å². The molecule has 0 radical (unpaired) electrons. The Bertz CT molecular complexity index is 94.9. The Balaban J connectivity index is 4.09. The van der Waals surface area contributed by atoms with Crippen LogP contribution in [0.4, 0.5) is 0 Å². The first-order chi connectivity index (χ1) is 4.42. The maximum absolute atomic E-state index is 2.99. The summed E-state index contributed by atoms with van der Waals surface area (Å²) in [4.78, 5) is 0. The van der Waals surface area contributed by atoms with Gasteiger partial charge in [-0.15, -0.1) is 9.24 Å². The molecule has 0 saturated heterocycles. The smallest absolute Gasteiger partial charge is 0.0130 e. The summed E-state index contributed by atoms with van der Waals surface area (Å²) in [7, 11) is 2.99. The summed E-state index contributed by atoms with van der Waals surface area (Å²) in [6, 6.07) is 0. The monoisotopic (exact) mass is 160 g/mol. The largest absolute Gasteiger partial charge is 0.131 e. The van der Waals surface area contributed by atoms with Crippen LogP contribution >= 0.6 is 9.24 Å². The predicted octanol–water partition coefficient (Wildman–Crippen LogP) is 3.32. The van der Waals surface area contributed by atoms with Crippen LogP contribution in [0, 0.1) is 11.8 Å². The summed E-state index contributed by atoms with van der Waals surface area (Å²) in [6.07, 6.45) is 1.28. The molecule has 0 spiro atoms. The van der Waals surface area contributed by atoms with E-state index in [1.165, 1.54) is 6.42 Å². The zero-order valence-corrected chi connectivity index (χ0v) is 9.09. The number of rotatable bonds is 3. The van der Waals surface area contributed by atoms with E-state index in [2.05, 4.69) is 43.9 Å². The zero-order valence-electron chi connectivity index (χ0n) is 7.94. The van der Waals surface area contributed by atoms with Crippen molar-refractivity contribution in [1.29, 1.82) is 0 Å². The summed E-state index contributed by atoms with van der Waals surface area (Å²) in [5.74, 6) is 1.56. The molecule has 0 heterocycles. The predicted molar refractivity (Wildman–Crippen MR) is 52.4 cm³/mol. The fraction of sp³-hybridized carbons (Fsp3) is 1.00. The van der Waals surface area contributed by atoms with Crippen LogP contribution in [0.15, 0.2) is 0 Å². The molecular formula is C9H21P. The average molecular weight is 160 g/mol. The second-order valence-electron chi connectivity index (χ2n) is 3.83. The van der Waals surface area contributed by atoms with Crippen molar-refractivity contribution in [3.8, 4) is 0 Å². The second kappa shape index (κ2) is 3.72. The highest BCUT2D eigenvalue weighted by Crippen LogP contribution is 2.36. The van der Waals surface area contributed by atoms with Gasteiger partial charge in [0.05, 0.1) is 0 Å². The van der Waals surface area contributed by atoms with E-state index in [9.17, 15) is 0 Å². The van der Waals surface area contributed by atoms with E-state index in [1.54, 1.807) is 0 Å². The Morgan fingerprint density at radius 3 is 1.80 bits per heavy atom. The Morgan fingerprint density at radius 1 is 1.30 bits per heavy atom. The Morgan fingerprint density at radius 2 is 1.70 bits per heavy atom. The van der Waals surface area contributed by atoms with Crippen LogP contribution in [0.25, 0.3) is 0 Å². The molecule has 0 bridgehead atoms. The summed E-state index contributed by atoms with van der Waals surface area (Å²) >= 11 is 0. The van der Waals surface area contributed by atoms with Crippen LogP contribution in [-0.2, 0) is 0 Å². The first-order valence-electron chi connectivity index (χ1n) is 4.21. The van der Waals surface area contributed by atoms with Crippen LogP contribution in [0.2, 0.25) is 0 Å². The Hall–Kier alpha value is 0.430. The lowest BCUT2D eigenvalue weighted by atomic mass is 9.83. The summed E-state index contributed by atoms with van der Waals surface area (Å²) in [6.45, 7) is 11.5. The van der Waals surface area contributed by atoms with Gasteiger partial charge in [-0.05, 0) is 17.0 Å². The lowest BCUT2D eigenvalue weighted by Gasteiger charge is -2.35. The van der Waals surface area contributed by atoms with E-state index in [-0.39, 0.29) is 0 Å². The average Bonchev–Trinajstić information content (AvgIpc) is 1.86. The molecule has 1 heteroatoms.